The maximum atomic E-state index is 10.7. The zero-order chi connectivity index (χ0) is 15.7. The molecule has 0 spiro atoms. The van der Waals surface area contributed by atoms with Crippen LogP contribution < -0.4 is 0 Å². The monoisotopic (exact) mass is 295 g/mol. The summed E-state index contributed by atoms with van der Waals surface area (Å²) < 4.78 is 0. The van der Waals surface area contributed by atoms with Crippen molar-refractivity contribution in [3.63, 3.8) is 0 Å². The number of likely N-dealkylation sites (tertiary alicyclic amines) is 1. The molecule has 2 fully saturated rings. The van der Waals surface area contributed by atoms with Gasteiger partial charge in [-0.05, 0) is 67.9 Å². The maximum absolute atomic E-state index is 10.7. The average molecular weight is 296 g/mol. The van der Waals surface area contributed by atoms with Crippen LogP contribution in [0.4, 0.5) is 0 Å². The number of hydrogen-bond acceptors (Lipinski definition) is 2. The van der Waals surface area contributed by atoms with E-state index in [1.54, 1.807) is 0 Å². The molecule has 124 valence electrons. The van der Waals surface area contributed by atoms with E-state index in [9.17, 15) is 5.11 Å². The van der Waals surface area contributed by atoms with Gasteiger partial charge in [-0.1, -0.05) is 41.0 Å². The van der Waals surface area contributed by atoms with Gasteiger partial charge >= 0.3 is 0 Å². The van der Waals surface area contributed by atoms with E-state index < -0.39 is 0 Å². The number of aliphatic hydroxyl groups excluding tert-OH is 1. The second-order valence-electron chi connectivity index (χ2n) is 9.38. The highest BCUT2D eigenvalue weighted by atomic mass is 16.3. The first-order valence-electron chi connectivity index (χ1n) is 9.10. The van der Waals surface area contributed by atoms with Crippen LogP contribution >= 0.6 is 0 Å². The number of hydrogen-bond donors (Lipinski definition) is 1. The van der Waals surface area contributed by atoms with Crippen LogP contribution in [0.2, 0.25) is 0 Å². The molecule has 3 atom stereocenters. The zero-order valence-electron chi connectivity index (χ0n) is 15.0. The highest BCUT2D eigenvalue weighted by molar-refractivity contribution is 4.90. The lowest BCUT2D eigenvalue weighted by atomic mass is 9.69. The molecule has 1 saturated carbocycles. The Bertz CT molecular complexity index is 331. The van der Waals surface area contributed by atoms with Gasteiger partial charge in [0.1, 0.15) is 0 Å². The molecule has 0 aromatic heterocycles. The highest BCUT2D eigenvalue weighted by Crippen LogP contribution is 2.40. The Morgan fingerprint density at radius 2 is 1.76 bits per heavy atom. The molecule has 1 aliphatic carbocycles. The van der Waals surface area contributed by atoms with Gasteiger partial charge in [0, 0.05) is 6.54 Å². The normalized spacial score (nSPS) is 35.4. The molecule has 0 aromatic rings. The number of aliphatic hydroxyl groups is 1. The summed E-state index contributed by atoms with van der Waals surface area (Å²) in [5.41, 5.74) is 0.561. The fourth-order valence-corrected chi connectivity index (χ4v) is 4.49. The minimum Gasteiger partial charge on any atom is -0.392 e. The molecule has 0 aromatic carbocycles. The molecule has 0 bridgehead atoms. The smallest absolute Gasteiger partial charge is 0.0631 e. The third kappa shape index (κ3) is 4.45. The van der Waals surface area contributed by atoms with E-state index >= 15 is 0 Å². The molecule has 2 aliphatic rings. The van der Waals surface area contributed by atoms with Crippen LogP contribution in [0.5, 0.6) is 0 Å². The lowest BCUT2D eigenvalue weighted by molar-refractivity contribution is -0.0428. The second kappa shape index (κ2) is 6.58. The Kier molecular flexibility index (Phi) is 5.41. The summed E-state index contributed by atoms with van der Waals surface area (Å²) in [6.45, 7) is 15.2. The van der Waals surface area contributed by atoms with E-state index in [4.69, 9.17) is 0 Å². The van der Waals surface area contributed by atoms with E-state index in [0.717, 1.165) is 12.5 Å². The van der Waals surface area contributed by atoms with Crippen LogP contribution in [0.25, 0.3) is 0 Å². The fourth-order valence-electron chi connectivity index (χ4n) is 4.49. The summed E-state index contributed by atoms with van der Waals surface area (Å²) in [6.07, 6.45) is 7.59. The van der Waals surface area contributed by atoms with Crippen LogP contribution in [0.1, 0.15) is 73.1 Å². The van der Waals surface area contributed by atoms with Crippen molar-refractivity contribution in [2.75, 3.05) is 19.6 Å². The summed E-state index contributed by atoms with van der Waals surface area (Å²) in [5.74, 6) is 1.34. The van der Waals surface area contributed by atoms with E-state index in [1.165, 1.54) is 51.6 Å². The summed E-state index contributed by atoms with van der Waals surface area (Å²) in [6, 6.07) is 0. The molecule has 2 heteroatoms. The number of nitrogens with zero attached hydrogens (tertiary/aromatic N) is 1. The zero-order valence-corrected chi connectivity index (χ0v) is 15.0. The minimum atomic E-state index is -0.118. The Morgan fingerprint density at radius 1 is 1.05 bits per heavy atom. The molecule has 1 heterocycles. The molecule has 21 heavy (non-hydrogen) atoms. The SMILES string of the molecule is CC(C)(C)C1CCCN(CC2CCCC(C)(C)C2O)CC1. The van der Waals surface area contributed by atoms with E-state index in [0.29, 0.717) is 11.3 Å². The molecule has 2 nitrogen and oxygen atoms in total. The quantitative estimate of drug-likeness (QED) is 0.820. The molecule has 3 unspecified atom stereocenters. The summed E-state index contributed by atoms with van der Waals surface area (Å²) in [7, 11) is 0. The Labute approximate surface area is 132 Å². The van der Waals surface area contributed by atoms with Gasteiger partial charge in [-0.15, -0.1) is 0 Å². The van der Waals surface area contributed by atoms with Gasteiger partial charge < -0.3 is 10.0 Å². The largest absolute Gasteiger partial charge is 0.392 e. The van der Waals surface area contributed by atoms with E-state index in [1.807, 2.05) is 0 Å². The molecule has 0 radical (unpaired) electrons. The van der Waals surface area contributed by atoms with Gasteiger partial charge in [0.25, 0.3) is 0 Å². The lowest BCUT2D eigenvalue weighted by Crippen LogP contribution is -2.45. The first kappa shape index (κ1) is 17.3. The van der Waals surface area contributed by atoms with Crippen molar-refractivity contribution in [1.29, 1.82) is 0 Å². The first-order valence-corrected chi connectivity index (χ1v) is 9.10. The van der Waals surface area contributed by atoms with Crippen LogP contribution in [-0.4, -0.2) is 35.7 Å². The Balaban J connectivity index is 1.89. The third-order valence-electron chi connectivity index (χ3n) is 6.18. The topological polar surface area (TPSA) is 23.5 Å². The average Bonchev–Trinajstić information content (AvgIpc) is 2.60. The predicted molar refractivity (Wildman–Crippen MR) is 90.4 cm³/mol. The molecule has 1 N–H and O–H groups in total. The van der Waals surface area contributed by atoms with Crippen molar-refractivity contribution in [1.82, 2.24) is 4.90 Å². The van der Waals surface area contributed by atoms with Gasteiger partial charge in [-0.2, -0.15) is 0 Å². The van der Waals surface area contributed by atoms with E-state index in [2.05, 4.69) is 39.5 Å². The summed E-state index contributed by atoms with van der Waals surface area (Å²) >= 11 is 0. The van der Waals surface area contributed by atoms with Gasteiger partial charge in [0.15, 0.2) is 0 Å². The van der Waals surface area contributed by atoms with Crippen molar-refractivity contribution < 1.29 is 5.11 Å². The second-order valence-corrected chi connectivity index (χ2v) is 9.38. The first-order chi connectivity index (χ1) is 9.70. The highest BCUT2D eigenvalue weighted by Gasteiger charge is 2.38. The lowest BCUT2D eigenvalue weighted by Gasteiger charge is -2.42. The van der Waals surface area contributed by atoms with E-state index in [-0.39, 0.29) is 11.5 Å². The molecule has 0 amide bonds. The molecule has 2 rings (SSSR count). The van der Waals surface area contributed by atoms with Crippen LogP contribution in [0.15, 0.2) is 0 Å². The van der Waals surface area contributed by atoms with Gasteiger partial charge in [-0.25, -0.2) is 0 Å². The Hall–Kier alpha value is -0.0800. The van der Waals surface area contributed by atoms with Crippen molar-refractivity contribution in [3.8, 4) is 0 Å². The standard InChI is InChI=1S/C19H37NO/c1-18(2,3)16-9-7-12-20(13-10-16)14-15-8-6-11-19(4,5)17(15)21/h15-17,21H,6-14H2,1-5H3. The van der Waals surface area contributed by atoms with Crippen LogP contribution in [0.3, 0.4) is 0 Å². The fraction of sp³-hybridized carbons (Fsp3) is 1.00. The molecular weight excluding hydrogens is 258 g/mol. The van der Waals surface area contributed by atoms with Crippen LogP contribution in [0, 0.1) is 22.7 Å². The third-order valence-corrected chi connectivity index (χ3v) is 6.18. The van der Waals surface area contributed by atoms with Crippen LogP contribution in [-0.2, 0) is 0 Å². The Morgan fingerprint density at radius 3 is 2.43 bits per heavy atom. The number of rotatable bonds is 2. The predicted octanol–water partition coefficient (Wildman–Crippen LogP) is 4.32. The van der Waals surface area contributed by atoms with Crippen molar-refractivity contribution in [2.24, 2.45) is 22.7 Å². The molecular formula is C19H37NO. The summed E-state index contributed by atoms with van der Waals surface area (Å²) in [4.78, 5) is 2.64. The van der Waals surface area contributed by atoms with Crippen molar-refractivity contribution in [2.45, 2.75) is 79.2 Å². The van der Waals surface area contributed by atoms with Crippen molar-refractivity contribution >= 4 is 0 Å². The summed E-state index contributed by atoms with van der Waals surface area (Å²) in [5, 5.41) is 10.7. The molecule has 1 aliphatic heterocycles. The molecule has 1 saturated heterocycles. The maximum Gasteiger partial charge on any atom is 0.0631 e. The van der Waals surface area contributed by atoms with Gasteiger partial charge in [0.2, 0.25) is 0 Å². The van der Waals surface area contributed by atoms with Gasteiger partial charge in [0.05, 0.1) is 6.10 Å². The minimum absolute atomic E-state index is 0.114. The van der Waals surface area contributed by atoms with Crippen molar-refractivity contribution in [3.05, 3.63) is 0 Å². The van der Waals surface area contributed by atoms with Gasteiger partial charge in [-0.3, -0.25) is 0 Å².